The van der Waals surface area contributed by atoms with E-state index in [0.717, 1.165) is 19.1 Å². The second-order valence-corrected chi connectivity index (χ2v) is 5.55. The normalized spacial score (nSPS) is 34.2. The van der Waals surface area contributed by atoms with Crippen LogP contribution in [0.3, 0.4) is 0 Å². The summed E-state index contributed by atoms with van der Waals surface area (Å²) in [5.74, 6) is 0.845. The monoisotopic (exact) mass is 211 g/mol. The highest BCUT2D eigenvalue weighted by molar-refractivity contribution is 4.83. The lowest BCUT2D eigenvalue weighted by molar-refractivity contribution is -0.0653. The zero-order valence-electron chi connectivity index (χ0n) is 10.1. The Kier molecular flexibility index (Phi) is 4.04. The molecule has 1 saturated carbocycles. The smallest absolute Gasteiger partial charge is 0.0778 e. The van der Waals surface area contributed by atoms with E-state index in [1.807, 2.05) is 0 Å². The first kappa shape index (κ1) is 11.4. The molecule has 0 amide bonds. The predicted molar refractivity (Wildman–Crippen MR) is 63.0 cm³/mol. The van der Waals surface area contributed by atoms with E-state index in [1.165, 1.54) is 51.5 Å². The Labute approximate surface area is 93.8 Å². The molecule has 2 rings (SSSR count). The van der Waals surface area contributed by atoms with E-state index in [9.17, 15) is 0 Å². The number of hydrogen-bond acceptors (Lipinski definition) is 2. The van der Waals surface area contributed by atoms with E-state index in [1.54, 1.807) is 0 Å². The van der Waals surface area contributed by atoms with Gasteiger partial charge in [-0.2, -0.15) is 0 Å². The molecule has 1 heterocycles. The van der Waals surface area contributed by atoms with Crippen LogP contribution in [0.15, 0.2) is 0 Å². The third kappa shape index (κ3) is 3.46. The minimum Gasteiger partial charge on any atom is -0.374 e. The van der Waals surface area contributed by atoms with Crippen molar-refractivity contribution < 1.29 is 4.74 Å². The van der Waals surface area contributed by atoms with Gasteiger partial charge in [-0.15, -0.1) is 0 Å². The summed E-state index contributed by atoms with van der Waals surface area (Å²) in [5, 5.41) is 3.44. The van der Waals surface area contributed by atoms with Gasteiger partial charge in [0.05, 0.1) is 12.2 Å². The molecule has 1 N–H and O–H groups in total. The minimum atomic E-state index is 0.121. The highest BCUT2D eigenvalue weighted by Crippen LogP contribution is 2.27. The minimum absolute atomic E-state index is 0.121. The van der Waals surface area contributed by atoms with E-state index < -0.39 is 0 Å². The van der Waals surface area contributed by atoms with Crippen LogP contribution in [0.1, 0.15) is 51.9 Å². The van der Waals surface area contributed by atoms with Crippen LogP contribution in [-0.4, -0.2) is 25.3 Å². The topological polar surface area (TPSA) is 21.3 Å². The molecule has 0 aromatic carbocycles. The van der Waals surface area contributed by atoms with Crippen molar-refractivity contribution in [3.8, 4) is 0 Å². The lowest BCUT2D eigenvalue weighted by atomic mass is 9.89. The second-order valence-electron chi connectivity index (χ2n) is 5.55. The second kappa shape index (κ2) is 5.31. The van der Waals surface area contributed by atoms with Gasteiger partial charge in [0, 0.05) is 6.54 Å². The fraction of sp³-hybridized carbons (Fsp3) is 1.00. The fourth-order valence-electron chi connectivity index (χ4n) is 2.82. The van der Waals surface area contributed by atoms with E-state index in [-0.39, 0.29) is 5.60 Å². The standard InChI is InChI=1S/C13H25NO/c1-13(8-5-9-14-11-13)15-10-12-6-3-2-4-7-12/h12,14H,2-11H2,1H3. The largest absolute Gasteiger partial charge is 0.374 e. The molecule has 2 fully saturated rings. The van der Waals surface area contributed by atoms with Crippen molar-refractivity contribution >= 4 is 0 Å². The Hall–Kier alpha value is -0.0800. The van der Waals surface area contributed by atoms with Gasteiger partial charge in [0.1, 0.15) is 0 Å². The summed E-state index contributed by atoms with van der Waals surface area (Å²) < 4.78 is 6.15. The Balaban J connectivity index is 1.70. The summed E-state index contributed by atoms with van der Waals surface area (Å²) in [6, 6.07) is 0. The summed E-state index contributed by atoms with van der Waals surface area (Å²) in [7, 11) is 0. The molecule has 1 atom stereocenters. The molecule has 1 aliphatic carbocycles. The Morgan fingerprint density at radius 2 is 2.00 bits per heavy atom. The number of ether oxygens (including phenoxy) is 1. The molecule has 0 radical (unpaired) electrons. The maximum Gasteiger partial charge on any atom is 0.0778 e. The molecule has 2 aliphatic rings. The number of rotatable bonds is 3. The van der Waals surface area contributed by atoms with Crippen molar-refractivity contribution in [2.45, 2.75) is 57.5 Å². The van der Waals surface area contributed by atoms with Crippen molar-refractivity contribution in [3.05, 3.63) is 0 Å². The zero-order valence-corrected chi connectivity index (χ0v) is 10.1. The average Bonchev–Trinajstić information content (AvgIpc) is 2.29. The van der Waals surface area contributed by atoms with Crippen LogP contribution >= 0.6 is 0 Å². The van der Waals surface area contributed by atoms with Crippen LogP contribution in [-0.2, 0) is 4.74 Å². The average molecular weight is 211 g/mol. The van der Waals surface area contributed by atoms with Crippen molar-refractivity contribution in [2.75, 3.05) is 19.7 Å². The van der Waals surface area contributed by atoms with Crippen LogP contribution < -0.4 is 5.32 Å². The fourth-order valence-corrected chi connectivity index (χ4v) is 2.82. The van der Waals surface area contributed by atoms with Crippen molar-refractivity contribution in [1.29, 1.82) is 0 Å². The molecule has 0 bridgehead atoms. The zero-order chi connectivity index (χ0) is 10.6. The van der Waals surface area contributed by atoms with Gasteiger partial charge in [0.25, 0.3) is 0 Å². The third-order valence-electron chi connectivity index (χ3n) is 3.95. The van der Waals surface area contributed by atoms with Crippen LogP contribution in [0.4, 0.5) is 0 Å². The quantitative estimate of drug-likeness (QED) is 0.775. The van der Waals surface area contributed by atoms with Gasteiger partial charge < -0.3 is 10.1 Å². The van der Waals surface area contributed by atoms with Gasteiger partial charge in [-0.25, -0.2) is 0 Å². The van der Waals surface area contributed by atoms with Gasteiger partial charge in [0.2, 0.25) is 0 Å². The van der Waals surface area contributed by atoms with Gasteiger partial charge in [-0.1, -0.05) is 19.3 Å². The lowest BCUT2D eigenvalue weighted by Gasteiger charge is -2.36. The maximum atomic E-state index is 6.15. The van der Waals surface area contributed by atoms with Gasteiger partial charge in [0.15, 0.2) is 0 Å². The molecular formula is C13H25NO. The lowest BCUT2D eigenvalue weighted by Crippen LogP contribution is -2.46. The highest BCUT2D eigenvalue weighted by Gasteiger charge is 2.28. The first-order chi connectivity index (χ1) is 7.29. The molecule has 2 nitrogen and oxygen atoms in total. The van der Waals surface area contributed by atoms with Gasteiger partial charge in [-0.3, -0.25) is 0 Å². The Bertz CT molecular complexity index is 181. The maximum absolute atomic E-state index is 6.15. The van der Waals surface area contributed by atoms with Crippen molar-refractivity contribution in [3.63, 3.8) is 0 Å². The first-order valence-electron chi connectivity index (χ1n) is 6.63. The SMILES string of the molecule is CC1(OCC2CCCCC2)CCCNC1. The molecule has 0 spiro atoms. The summed E-state index contributed by atoms with van der Waals surface area (Å²) >= 11 is 0. The number of piperidine rings is 1. The van der Waals surface area contributed by atoms with Crippen molar-refractivity contribution in [2.24, 2.45) is 5.92 Å². The Morgan fingerprint density at radius 1 is 1.20 bits per heavy atom. The summed E-state index contributed by atoms with van der Waals surface area (Å²) in [5.41, 5.74) is 0.121. The molecular weight excluding hydrogens is 186 g/mol. The number of hydrogen-bond donors (Lipinski definition) is 1. The summed E-state index contributed by atoms with van der Waals surface area (Å²) in [4.78, 5) is 0. The molecule has 88 valence electrons. The third-order valence-corrected chi connectivity index (χ3v) is 3.95. The molecule has 2 heteroatoms. The van der Waals surface area contributed by atoms with E-state index in [0.29, 0.717) is 0 Å². The molecule has 15 heavy (non-hydrogen) atoms. The molecule has 0 aromatic heterocycles. The van der Waals surface area contributed by atoms with Crippen LogP contribution in [0.2, 0.25) is 0 Å². The van der Waals surface area contributed by atoms with E-state index in [2.05, 4.69) is 12.2 Å². The van der Waals surface area contributed by atoms with Crippen molar-refractivity contribution in [1.82, 2.24) is 5.32 Å². The molecule has 1 aliphatic heterocycles. The van der Waals surface area contributed by atoms with E-state index in [4.69, 9.17) is 4.74 Å². The summed E-state index contributed by atoms with van der Waals surface area (Å²) in [6.07, 6.45) is 9.56. The van der Waals surface area contributed by atoms with Gasteiger partial charge in [-0.05, 0) is 45.1 Å². The first-order valence-corrected chi connectivity index (χ1v) is 6.63. The van der Waals surface area contributed by atoms with Crippen LogP contribution in [0.25, 0.3) is 0 Å². The number of nitrogens with one attached hydrogen (secondary N) is 1. The summed E-state index contributed by atoms with van der Waals surface area (Å²) in [6.45, 7) is 5.47. The molecule has 1 saturated heterocycles. The van der Waals surface area contributed by atoms with Gasteiger partial charge >= 0.3 is 0 Å². The highest BCUT2D eigenvalue weighted by atomic mass is 16.5. The molecule has 1 unspecified atom stereocenters. The predicted octanol–water partition coefficient (Wildman–Crippen LogP) is 2.73. The Morgan fingerprint density at radius 3 is 2.67 bits per heavy atom. The van der Waals surface area contributed by atoms with E-state index >= 15 is 0 Å². The van der Waals surface area contributed by atoms with Crippen LogP contribution in [0, 0.1) is 5.92 Å². The van der Waals surface area contributed by atoms with Crippen LogP contribution in [0.5, 0.6) is 0 Å². The molecule has 0 aromatic rings.